The third kappa shape index (κ3) is 2.00. The molecule has 0 N–H and O–H groups in total. The molecular weight excluding hydrogens is 144 g/mol. The van der Waals surface area contributed by atoms with Gasteiger partial charge in [-0.2, -0.15) is 0 Å². The standard InChI is InChI=1S/C7H8N2O2/c1-11-7-4-6(2-3-10)8-5-9-7/h3-5H,2H2,1H3. The Hall–Kier alpha value is -1.45. The number of ether oxygens (including phenoxy) is 1. The smallest absolute Gasteiger partial charge is 0.216 e. The van der Waals surface area contributed by atoms with E-state index in [0.29, 0.717) is 18.0 Å². The lowest BCUT2D eigenvalue weighted by molar-refractivity contribution is -0.107. The highest BCUT2D eigenvalue weighted by Gasteiger charge is 1.95. The lowest BCUT2D eigenvalue weighted by Gasteiger charge is -1.97. The molecule has 0 atom stereocenters. The van der Waals surface area contributed by atoms with Gasteiger partial charge >= 0.3 is 0 Å². The summed E-state index contributed by atoms with van der Waals surface area (Å²) < 4.78 is 4.83. The maximum atomic E-state index is 10.1. The summed E-state index contributed by atoms with van der Waals surface area (Å²) in [5.41, 5.74) is 0.673. The van der Waals surface area contributed by atoms with Gasteiger partial charge in [0.05, 0.1) is 12.8 Å². The lowest BCUT2D eigenvalue weighted by Crippen LogP contribution is -1.94. The molecule has 1 aromatic rings. The monoisotopic (exact) mass is 152 g/mol. The normalized spacial score (nSPS) is 9.18. The molecular formula is C7H8N2O2. The van der Waals surface area contributed by atoms with E-state index in [1.807, 2.05) is 0 Å². The molecule has 4 heteroatoms. The molecule has 0 amide bonds. The summed E-state index contributed by atoms with van der Waals surface area (Å²) in [5.74, 6) is 0.483. The van der Waals surface area contributed by atoms with Crippen LogP contribution in [0.25, 0.3) is 0 Å². The number of aldehydes is 1. The van der Waals surface area contributed by atoms with Gasteiger partial charge in [0, 0.05) is 12.5 Å². The Morgan fingerprint density at radius 2 is 2.45 bits per heavy atom. The van der Waals surface area contributed by atoms with Crippen LogP contribution in [0.2, 0.25) is 0 Å². The van der Waals surface area contributed by atoms with E-state index >= 15 is 0 Å². The first-order chi connectivity index (χ1) is 5.36. The van der Waals surface area contributed by atoms with Crippen molar-refractivity contribution in [2.45, 2.75) is 6.42 Å². The summed E-state index contributed by atoms with van der Waals surface area (Å²) in [7, 11) is 1.52. The van der Waals surface area contributed by atoms with Crippen molar-refractivity contribution in [2.75, 3.05) is 7.11 Å². The fourth-order valence-corrected chi connectivity index (χ4v) is 0.686. The summed E-state index contributed by atoms with van der Waals surface area (Å²) in [4.78, 5) is 17.7. The van der Waals surface area contributed by atoms with Crippen molar-refractivity contribution in [3.8, 4) is 5.88 Å². The van der Waals surface area contributed by atoms with E-state index in [2.05, 4.69) is 9.97 Å². The van der Waals surface area contributed by atoms with Gasteiger partial charge in [-0.15, -0.1) is 0 Å². The molecule has 0 spiro atoms. The molecule has 11 heavy (non-hydrogen) atoms. The molecule has 1 aromatic heterocycles. The van der Waals surface area contributed by atoms with Crippen molar-refractivity contribution in [1.29, 1.82) is 0 Å². The Morgan fingerprint density at radius 3 is 3.09 bits per heavy atom. The first-order valence-electron chi connectivity index (χ1n) is 3.15. The van der Waals surface area contributed by atoms with Crippen LogP contribution in [-0.2, 0) is 11.2 Å². The van der Waals surface area contributed by atoms with Gasteiger partial charge in [0.2, 0.25) is 5.88 Å². The summed E-state index contributed by atoms with van der Waals surface area (Å²) in [6.45, 7) is 0. The molecule has 0 unspecified atom stereocenters. The number of methoxy groups -OCH3 is 1. The van der Waals surface area contributed by atoms with Crippen LogP contribution in [0.15, 0.2) is 12.4 Å². The van der Waals surface area contributed by atoms with Crippen LogP contribution in [0.1, 0.15) is 5.69 Å². The van der Waals surface area contributed by atoms with Crippen molar-refractivity contribution < 1.29 is 9.53 Å². The third-order valence-electron chi connectivity index (χ3n) is 1.20. The largest absolute Gasteiger partial charge is 0.481 e. The molecule has 0 saturated heterocycles. The number of aromatic nitrogens is 2. The summed E-state index contributed by atoms with van der Waals surface area (Å²) in [6, 6.07) is 1.63. The van der Waals surface area contributed by atoms with Crippen LogP contribution < -0.4 is 4.74 Å². The SMILES string of the molecule is COc1cc(CC=O)ncn1. The van der Waals surface area contributed by atoms with Crippen LogP contribution >= 0.6 is 0 Å². The first-order valence-corrected chi connectivity index (χ1v) is 3.15. The Morgan fingerprint density at radius 1 is 1.64 bits per heavy atom. The fraction of sp³-hybridized carbons (Fsp3) is 0.286. The zero-order valence-corrected chi connectivity index (χ0v) is 6.15. The molecule has 4 nitrogen and oxygen atoms in total. The summed E-state index contributed by atoms with van der Waals surface area (Å²) in [5, 5.41) is 0. The van der Waals surface area contributed by atoms with Crippen LogP contribution in [0, 0.1) is 0 Å². The van der Waals surface area contributed by atoms with E-state index in [1.165, 1.54) is 13.4 Å². The van der Waals surface area contributed by atoms with E-state index in [1.54, 1.807) is 6.07 Å². The minimum absolute atomic E-state index is 0.304. The Bertz CT molecular complexity index is 250. The topological polar surface area (TPSA) is 52.1 Å². The van der Waals surface area contributed by atoms with Gasteiger partial charge in [-0.05, 0) is 0 Å². The van der Waals surface area contributed by atoms with Crippen LogP contribution in [0.5, 0.6) is 5.88 Å². The van der Waals surface area contributed by atoms with Crippen molar-refractivity contribution in [1.82, 2.24) is 9.97 Å². The maximum absolute atomic E-state index is 10.1. The third-order valence-corrected chi connectivity index (χ3v) is 1.20. The maximum Gasteiger partial charge on any atom is 0.216 e. The molecule has 0 aliphatic carbocycles. The number of nitrogens with zero attached hydrogens (tertiary/aromatic N) is 2. The Kier molecular flexibility index (Phi) is 2.54. The summed E-state index contributed by atoms with van der Waals surface area (Å²) in [6.07, 6.45) is 2.47. The molecule has 0 fully saturated rings. The second kappa shape index (κ2) is 3.65. The number of rotatable bonds is 3. The molecule has 0 radical (unpaired) electrons. The molecule has 0 saturated carbocycles. The zero-order valence-electron chi connectivity index (χ0n) is 6.15. The highest BCUT2D eigenvalue weighted by Crippen LogP contribution is 2.04. The second-order valence-corrected chi connectivity index (χ2v) is 1.92. The number of carbonyl (C=O) groups is 1. The summed E-state index contributed by atoms with van der Waals surface area (Å²) >= 11 is 0. The van der Waals surface area contributed by atoms with Gasteiger partial charge in [-0.1, -0.05) is 0 Å². The highest BCUT2D eigenvalue weighted by molar-refractivity contribution is 5.53. The first kappa shape index (κ1) is 7.65. The van der Waals surface area contributed by atoms with E-state index < -0.39 is 0 Å². The van der Waals surface area contributed by atoms with Crippen LogP contribution in [-0.4, -0.2) is 23.4 Å². The minimum Gasteiger partial charge on any atom is -0.481 e. The van der Waals surface area contributed by atoms with Gasteiger partial charge < -0.3 is 9.53 Å². The molecule has 0 bridgehead atoms. The zero-order chi connectivity index (χ0) is 8.10. The van der Waals surface area contributed by atoms with Crippen molar-refractivity contribution in [3.05, 3.63) is 18.1 Å². The van der Waals surface area contributed by atoms with E-state index in [0.717, 1.165) is 6.29 Å². The highest BCUT2D eigenvalue weighted by atomic mass is 16.5. The van der Waals surface area contributed by atoms with Crippen molar-refractivity contribution in [3.63, 3.8) is 0 Å². The van der Waals surface area contributed by atoms with E-state index in [-0.39, 0.29) is 0 Å². The molecule has 0 aliphatic heterocycles. The van der Waals surface area contributed by atoms with Gasteiger partial charge in [-0.25, -0.2) is 9.97 Å². The van der Waals surface area contributed by atoms with E-state index in [9.17, 15) is 4.79 Å². The Balaban J connectivity index is 2.82. The van der Waals surface area contributed by atoms with Gasteiger partial charge in [-0.3, -0.25) is 0 Å². The molecule has 1 heterocycles. The van der Waals surface area contributed by atoms with Gasteiger partial charge in [0.25, 0.3) is 0 Å². The molecule has 58 valence electrons. The van der Waals surface area contributed by atoms with Crippen LogP contribution in [0.3, 0.4) is 0 Å². The predicted molar refractivity (Wildman–Crippen MR) is 38.4 cm³/mol. The van der Waals surface area contributed by atoms with Crippen molar-refractivity contribution in [2.24, 2.45) is 0 Å². The molecule has 0 aliphatic rings. The quantitative estimate of drug-likeness (QED) is 0.581. The van der Waals surface area contributed by atoms with Crippen molar-refractivity contribution >= 4 is 6.29 Å². The number of hydrogen-bond donors (Lipinski definition) is 0. The van der Waals surface area contributed by atoms with Gasteiger partial charge in [0.15, 0.2) is 0 Å². The number of hydrogen-bond acceptors (Lipinski definition) is 4. The molecule has 0 aromatic carbocycles. The van der Waals surface area contributed by atoms with E-state index in [4.69, 9.17) is 4.74 Å². The fourth-order valence-electron chi connectivity index (χ4n) is 0.686. The Labute approximate surface area is 64.2 Å². The van der Waals surface area contributed by atoms with Gasteiger partial charge in [0.1, 0.15) is 12.6 Å². The second-order valence-electron chi connectivity index (χ2n) is 1.92. The molecule has 1 rings (SSSR count). The average Bonchev–Trinajstić information content (AvgIpc) is 2.06. The predicted octanol–water partition coefficient (Wildman–Crippen LogP) is 0.227. The minimum atomic E-state index is 0.304. The lowest BCUT2D eigenvalue weighted by atomic mass is 10.3. The average molecular weight is 152 g/mol. The number of carbonyl (C=O) groups excluding carboxylic acids is 1. The van der Waals surface area contributed by atoms with Crippen LogP contribution in [0.4, 0.5) is 0 Å².